The van der Waals surface area contributed by atoms with Crippen LogP contribution in [0.4, 0.5) is 4.79 Å². The second-order valence-corrected chi connectivity index (χ2v) is 10.3. The maximum atomic E-state index is 12.3. The largest absolute Gasteiger partial charge is 0.480 e. The molecule has 8 nitrogen and oxygen atoms in total. The maximum Gasteiger partial charge on any atom is 0.409 e. The van der Waals surface area contributed by atoms with Crippen molar-refractivity contribution < 1.29 is 14.3 Å². The highest BCUT2D eigenvalue weighted by molar-refractivity contribution is 5.71. The van der Waals surface area contributed by atoms with Gasteiger partial charge < -0.3 is 19.3 Å². The van der Waals surface area contributed by atoms with Crippen LogP contribution in [0.2, 0.25) is 0 Å². The number of nitrogens with zero attached hydrogens (tertiary/aromatic N) is 5. The second-order valence-electron chi connectivity index (χ2n) is 10.3. The quantitative estimate of drug-likeness (QED) is 0.681. The van der Waals surface area contributed by atoms with Gasteiger partial charge in [0.2, 0.25) is 0 Å². The van der Waals surface area contributed by atoms with E-state index < -0.39 is 5.60 Å². The first-order valence-electron chi connectivity index (χ1n) is 12.1. The number of amides is 1. The zero-order valence-corrected chi connectivity index (χ0v) is 20.4. The number of ether oxygens (including phenoxy) is 2. The van der Waals surface area contributed by atoms with Crippen LogP contribution in [-0.4, -0.2) is 69.5 Å². The van der Waals surface area contributed by atoms with Crippen molar-refractivity contribution in [3.63, 3.8) is 0 Å². The number of aromatic nitrogens is 3. The Morgan fingerprint density at radius 2 is 2.00 bits per heavy atom. The van der Waals surface area contributed by atoms with Crippen molar-refractivity contribution in [1.29, 1.82) is 0 Å². The number of likely N-dealkylation sites (tertiary alicyclic amines) is 2. The Kier molecular flexibility index (Phi) is 5.39. The van der Waals surface area contributed by atoms with Gasteiger partial charge in [-0.25, -0.2) is 4.79 Å². The molecule has 0 aromatic carbocycles. The van der Waals surface area contributed by atoms with Crippen LogP contribution in [0, 0.1) is 6.92 Å². The Bertz CT molecular complexity index is 1050. The monoisotopic (exact) mass is 453 g/mol. The number of pyridine rings is 1. The van der Waals surface area contributed by atoms with Crippen LogP contribution in [0.5, 0.6) is 5.75 Å². The van der Waals surface area contributed by atoms with Gasteiger partial charge in [-0.3, -0.25) is 9.67 Å². The van der Waals surface area contributed by atoms with Crippen LogP contribution < -0.4 is 4.74 Å². The lowest BCUT2D eigenvalue weighted by Gasteiger charge is -2.44. The second kappa shape index (κ2) is 8.01. The molecule has 5 rings (SSSR count). The molecule has 1 amide bonds. The van der Waals surface area contributed by atoms with Crippen LogP contribution >= 0.6 is 0 Å². The van der Waals surface area contributed by atoms with Crippen molar-refractivity contribution in [3.05, 3.63) is 29.6 Å². The third-order valence-corrected chi connectivity index (χ3v) is 7.92. The van der Waals surface area contributed by atoms with Crippen LogP contribution in [0.3, 0.4) is 0 Å². The molecule has 0 bridgehead atoms. The molecule has 0 unspecified atom stereocenters. The van der Waals surface area contributed by atoms with Crippen molar-refractivity contribution in [3.8, 4) is 17.1 Å². The highest BCUT2D eigenvalue weighted by atomic mass is 16.6. The summed E-state index contributed by atoms with van der Waals surface area (Å²) in [6.45, 7) is 11.3. The molecule has 178 valence electrons. The Hall–Kier alpha value is -2.61. The van der Waals surface area contributed by atoms with Gasteiger partial charge in [-0.1, -0.05) is 0 Å². The smallest absolute Gasteiger partial charge is 0.409 e. The molecular weight excluding hydrogens is 418 g/mol. The van der Waals surface area contributed by atoms with Gasteiger partial charge in [0.15, 0.2) is 0 Å². The molecule has 2 saturated heterocycles. The molecule has 0 saturated carbocycles. The zero-order chi connectivity index (χ0) is 23.4. The molecule has 0 radical (unpaired) electrons. The Morgan fingerprint density at radius 3 is 2.70 bits per heavy atom. The van der Waals surface area contributed by atoms with Gasteiger partial charge in [-0.15, -0.1) is 0 Å². The third kappa shape index (κ3) is 3.59. The topological polar surface area (TPSA) is 72.7 Å². The standard InChI is InChI=1S/C25H35N5O3/c1-6-32-23(31)29-14-10-25(11-15-29)20-17(2)30(18-9-13-28(5)24(3,4)16-18)27-22(20)21-19(33-25)8-7-12-26-21/h7-8,12,18H,6,9-11,13-16H2,1-5H3/t18-/m1/s1. The van der Waals surface area contributed by atoms with Crippen LogP contribution in [0.25, 0.3) is 11.4 Å². The predicted molar refractivity (Wildman–Crippen MR) is 125 cm³/mol. The molecule has 33 heavy (non-hydrogen) atoms. The van der Waals surface area contributed by atoms with Gasteiger partial charge in [0.25, 0.3) is 0 Å². The van der Waals surface area contributed by atoms with Crippen molar-refractivity contribution >= 4 is 6.09 Å². The molecule has 1 spiro atoms. The van der Waals surface area contributed by atoms with E-state index in [0.29, 0.717) is 38.6 Å². The first-order chi connectivity index (χ1) is 15.8. The Balaban J connectivity index is 1.54. The highest BCUT2D eigenvalue weighted by Gasteiger charge is 2.48. The average Bonchev–Trinajstić information content (AvgIpc) is 3.15. The number of hydrogen-bond donors (Lipinski definition) is 0. The fourth-order valence-corrected chi connectivity index (χ4v) is 5.80. The van der Waals surface area contributed by atoms with E-state index in [1.807, 2.05) is 19.1 Å². The number of piperidine rings is 2. The summed E-state index contributed by atoms with van der Waals surface area (Å²) in [4.78, 5) is 21.2. The summed E-state index contributed by atoms with van der Waals surface area (Å²) in [6.07, 6.45) is 5.09. The molecule has 2 aromatic heterocycles. The van der Waals surface area contributed by atoms with Crippen molar-refractivity contribution in [2.45, 2.75) is 70.6 Å². The summed E-state index contributed by atoms with van der Waals surface area (Å²) < 4.78 is 14.2. The van der Waals surface area contributed by atoms with Gasteiger partial charge in [-0.2, -0.15) is 5.10 Å². The normalized spacial score (nSPS) is 23.5. The zero-order valence-electron chi connectivity index (χ0n) is 20.4. The van der Waals surface area contributed by atoms with Crippen LogP contribution in [0.1, 0.15) is 63.8 Å². The molecule has 3 aliphatic heterocycles. The third-order valence-electron chi connectivity index (χ3n) is 7.92. The Morgan fingerprint density at radius 1 is 1.24 bits per heavy atom. The van der Waals surface area contributed by atoms with E-state index in [4.69, 9.17) is 14.6 Å². The molecule has 2 fully saturated rings. The lowest BCUT2D eigenvalue weighted by molar-refractivity contribution is -0.00585. The molecule has 1 atom stereocenters. The van der Waals surface area contributed by atoms with Crippen molar-refractivity contribution in [1.82, 2.24) is 24.6 Å². The summed E-state index contributed by atoms with van der Waals surface area (Å²) in [7, 11) is 2.21. The summed E-state index contributed by atoms with van der Waals surface area (Å²) in [5, 5.41) is 5.19. The maximum absolute atomic E-state index is 12.3. The molecule has 0 N–H and O–H groups in total. The van der Waals surface area contributed by atoms with Gasteiger partial charge >= 0.3 is 6.09 Å². The fourth-order valence-electron chi connectivity index (χ4n) is 5.80. The lowest BCUT2D eigenvalue weighted by Crippen LogP contribution is -2.49. The molecule has 8 heteroatoms. The van der Waals surface area contributed by atoms with E-state index in [9.17, 15) is 4.79 Å². The van der Waals surface area contributed by atoms with E-state index >= 15 is 0 Å². The van der Waals surface area contributed by atoms with Gasteiger partial charge in [-0.05, 0) is 59.7 Å². The summed E-state index contributed by atoms with van der Waals surface area (Å²) in [5.74, 6) is 0.781. The van der Waals surface area contributed by atoms with Crippen molar-refractivity contribution in [2.24, 2.45) is 0 Å². The van der Waals surface area contributed by atoms with E-state index in [0.717, 1.165) is 47.8 Å². The van der Waals surface area contributed by atoms with Crippen LogP contribution in [-0.2, 0) is 10.3 Å². The number of fused-ring (bicyclic) bond motifs is 4. The highest BCUT2D eigenvalue weighted by Crippen LogP contribution is 2.50. The molecule has 0 aliphatic carbocycles. The SMILES string of the molecule is CCOC(=O)N1CCC2(CC1)Oc1cccnc1-c1nn([C@@H]3CCN(C)C(C)(C)C3)c(C)c12. The number of carbonyl (C=O) groups excluding carboxylic acids is 1. The average molecular weight is 454 g/mol. The number of rotatable bonds is 2. The minimum Gasteiger partial charge on any atom is -0.480 e. The summed E-state index contributed by atoms with van der Waals surface area (Å²) in [6, 6.07) is 4.23. The summed E-state index contributed by atoms with van der Waals surface area (Å²) in [5.41, 5.74) is 3.69. The Labute approximate surface area is 195 Å². The van der Waals surface area contributed by atoms with E-state index in [-0.39, 0.29) is 11.6 Å². The fraction of sp³-hybridized carbons (Fsp3) is 0.640. The van der Waals surface area contributed by atoms with Gasteiger partial charge in [0.05, 0.1) is 12.6 Å². The molecule has 5 heterocycles. The number of carbonyl (C=O) groups is 1. The molecular formula is C25H35N5O3. The first kappa shape index (κ1) is 22.2. The molecule has 2 aromatic rings. The van der Waals surface area contributed by atoms with E-state index in [1.165, 1.54) is 0 Å². The minimum absolute atomic E-state index is 0.122. The van der Waals surface area contributed by atoms with Gasteiger partial charge in [0, 0.05) is 55.5 Å². The van der Waals surface area contributed by atoms with E-state index in [1.54, 1.807) is 11.1 Å². The lowest BCUT2D eigenvalue weighted by atomic mass is 9.80. The van der Waals surface area contributed by atoms with Crippen LogP contribution in [0.15, 0.2) is 18.3 Å². The van der Waals surface area contributed by atoms with E-state index in [2.05, 4.69) is 42.4 Å². The molecule has 3 aliphatic rings. The number of hydrogen-bond acceptors (Lipinski definition) is 6. The first-order valence-corrected chi connectivity index (χ1v) is 12.1. The predicted octanol–water partition coefficient (Wildman–Crippen LogP) is 4.14. The van der Waals surface area contributed by atoms with Crippen molar-refractivity contribution in [2.75, 3.05) is 33.3 Å². The minimum atomic E-state index is -0.502. The van der Waals surface area contributed by atoms with Gasteiger partial charge in [0.1, 0.15) is 22.7 Å². The summed E-state index contributed by atoms with van der Waals surface area (Å²) >= 11 is 0.